The van der Waals surface area contributed by atoms with Gasteiger partial charge in [0.1, 0.15) is 0 Å². The van der Waals surface area contributed by atoms with Crippen LogP contribution in [0.5, 0.6) is 0 Å². The molecule has 2 aliphatic carbocycles. The summed E-state index contributed by atoms with van der Waals surface area (Å²) in [5.41, 5.74) is 0. The van der Waals surface area contributed by atoms with E-state index in [4.69, 9.17) is 0 Å². The molecule has 3 atom stereocenters. The molecule has 0 aromatic carbocycles. The zero-order chi connectivity index (χ0) is 9.10. The summed E-state index contributed by atoms with van der Waals surface area (Å²) in [5, 5.41) is 3.70. The van der Waals surface area contributed by atoms with Gasteiger partial charge in [-0.25, -0.2) is 0 Å². The first kappa shape index (κ1) is 9.51. The Labute approximate surface area is 82.3 Å². The van der Waals surface area contributed by atoms with Gasteiger partial charge in [-0.15, -0.1) is 0 Å². The minimum Gasteiger partial charge on any atom is -0.314 e. The summed E-state index contributed by atoms with van der Waals surface area (Å²) in [6.07, 6.45) is 10.3. The summed E-state index contributed by atoms with van der Waals surface area (Å²) in [6.45, 7) is 3.49. The Kier molecular flexibility index (Phi) is 3.26. The minimum atomic E-state index is 0.892. The van der Waals surface area contributed by atoms with Crippen LogP contribution in [-0.4, -0.2) is 12.6 Å². The van der Waals surface area contributed by atoms with E-state index in [1.807, 2.05) is 0 Å². The van der Waals surface area contributed by atoms with E-state index < -0.39 is 0 Å². The molecule has 0 saturated heterocycles. The SMILES string of the molecule is CCCNC1CC2CCCCCC21. The molecule has 0 heterocycles. The van der Waals surface area contributed by atoms with Crippen molar-refractivity contribution in [2.24, 2.45) is 11.8 Å². The van der Waals surface area contributed by atoms with Gasteiger partial charge in [0.15, 0.2) is 0 Å². The first-order valence-corrected chi connectivity index (χ1v) is 6.15. The van der Waals surface area contributed by atoms with Gasteiger partial charge in [0.25, 0.3) is 0 Å². The molecule has 2 saturated carbocycles. The third-order valence-corrected chi connectivity index (χ3v) is 3.95. The molecule has 2 fully saturated rings. The van der Waals surface area contributed by atoms with Crippen LogP contribution in [0.15, 0.2) is 0 Å². The molecule has 0 aromatic rings. The van der Waals surface area contributed by atoms with Crippen LogP contribution in [0.25, 0.3) is 0 Å². The smallest absolute Gasteiger partial charge is 0.0101 e. The second kappa shape index (κ2) is 4.45. The summed E-state index contributed by atoms with van der Waals surface area (Å²) in [7, 11) is 0. The molecule has 0 bridgehead atoms. The van der Waals surface area contributed by atoms with Gasteiger partial charge in [-0.3, -0.25) is 0 Å². The first-order chi connectivity index (χ1) is 6.42. The molecule has 2 aliphatic rings. The molecule has 0 radical (unpaired) electrons. The summed E-state index contributed by atoms with van der Waals surface area (Å²) < 4.78 is 0. The standard InChI is InChI=1S/C12H23N/c1-2-8-13-12-9-10-6-4-3-5-7-11(10)12/h10-13H,2-9H2,1H3. The average molecular weight is 181 g/mol. The number of fused-ring (bicyclic) bond motifs is 1. The lowest BCUT2D eigenvalue weighted by Gasteiger charge is -2.45. The van der Waals surface area contributed by atoms with Crippen molar-refractivity contribution < 1.29 is 0 Å². The summed E-state index contributed by atoms with van der Waals surface area (Å²) >= 11 is 0. The van der Waals surface area contributed by atoms with Crippen molar-refractivity contribution in [3.05, 3.63) is 0 Å². The van der Waals surface area contributed by atoms with E-state index in [1.54, 1.807) is 0 Å². The highest BCUT2D eigenvalue weighted by Gasteiger charge is 2.40. The Morgan fingerprint density at radius 3 is 2.85 bits per heavy atom. The fourth-order valence-corrected chi connectivity index (χ4v) is 3.11. The van der Waals surface area contributed by atoms with Gasteiger partial charge in [0, 0.05) is 6.04 Å². The van der Waals surface area contributed by atoms with Gasteiger partial charge in [0.2, 0.25) is 0 Å². The molecule has 13 heavy (non-hydrogen) atoms. The van der Waals surface area contributed by atoms with Gasteiger partial charge >= 0.3 is 0 Å². The molecular formula is C12H23N. The van der Waals surface area contributed by atoms with Crippen molar-refractivity contribution in [1.82, 2.24) is 5.32 Å². The largest absolute Gasteiger partial charge is 0.314 e. The van der Waals surface area contributed by atoms with E-state index in [0.29, 0.717) is 0 Å². The van der Waals surface area contributed by atoms with Crippen molar-refractivity contribution in [2.45, 2.75) is 57.9 Å². The Morgan fingerprint density at radius 2 is 2.00 bits per heavy atom. The van der Waals surface area contributed by atoms with Crippen LogP contribution in [0.2, 0.25) is 0 Å². The van der Waals surface area contributed by atoms with Crippen molar-refractivity contribution in [3.63, 3.8) is 0 Å². The van der Waals surface area contributed by atoms with Gasteiger partial charge < -0.3 is 5.32 Å². The van der Waals surface area contributed by atoms with Crippen LogP contribution in [0.4, 0.5) is 0 Å². The number of nitrogens with one attached hydrogen (secondary N) is 1. The third kappa shape index (κ3) is 2.07. The molecule has 1 heteroatoms. The maximum atomic E-state index is 3.70. The maximum Gasteiger partial charge on any atom is 0.0101 e. The van der Waals surface area contributed by atoms with E-state index in [0.717, 1.165) is 17.9 Å². The lowest BCUT2D eigenvalue weighted by atomic mass is 9.67. The van der Waals surface area contributed by atoms with Gasteiger partial charge in [-0.1, -0.05) is 32.6 Å². The van der Waals surface area contributed by atoms with Crippen molar-refractivity contribution >= 4 is 0 Å². The van der Waals surface area contributed by atoms with Crippen LogP contribution in [0.3, 0.4) is 0 Å². The van der Waals surface area contributed by atoms with Crippen LogP contribution in [-0.2, 0) is 0 Å². The second-order valence-corrected chi connectivity index (χ2v) is 4.86. The molecule has 0 aromatic heterocycles. The topological polar surface area (TPSA) is 12.0 Å². The molecule has 0 amide bonds. The van der Waals surface area contributed by atoms with Crippen molar-refractivity contribution in [3.8, 4) is 0 Å². The Morgan fingerprint density at radius 1 is 1.15 bits per heavy atom. The highest BCUT2D eigenvalue weighted by atomic mass is 14.9. The highest BCUT2D eigenvalue weighted by Crippen LogP contribution is 2.43. The molecule has 0 aliphatic heterocycles. The molecule has 0 spiro atoms. The molecule has 2 rings (SSSR count). The predicted octanol–water partition coefficient (Wildman–Crippen LogP) is 2.95. The summed E-state index contributed by atoms with van der Waals surface area (Å²) in [6, 6.07) is 0.892. The Balaban J connectivity index is 1.77. The normalized spacial score (nSPS) is 39.0. The zero-order valence-electron chi connectivity index (χ0n) is 8.89. The fraction of sp³-hybridized carbons (Fsp3) is 1.00. The van der Waals surface area contributed by atoms with E-state index in [9.17, 15) is 0 Å². The molecular weight excluding hydrogens is 158 g/mol. The first-order valence-electron chi connectivity index (χ1n) is 6.15. The van der Waals surface area contributed by atoms with Crippen LogP contribution in [0.1, 0.15) is 51.9 Å². The molecule has 3 unspecified atom stereocenters. The monoisotopic (exact) mass is 181 g/mol. The second-order valence-electron chi connectivity index (χ2n) is 4.86. The quantitative estimate of drug-likeness (QED) is 0.706. The van der Waals surface area contributed by atoms with Gasteiger partial charge in [-0.05, 0) is 37.6 Å². The van der Waals surface area contributed by atoms with Crippen LogP contribution >= 0.6 is 0 Å². The van der Waals surface area contributed by atoms with E-state index in [1.165, 1.54) is 51.5 Å². The van der Waals surface area contributed by atoms with Crippen molar-refractivity contribution in [2.75, 3.05) is 6.54 Å². The molecule has 1 N–H and O–H groups in total. The van der Waals surface area contributed by atoms with Crippen molar-refractivity contribution in [1.29, 1.82) is 0 Å². The number of hydrogen-bond acceptors (Lipinski definition) is 1. The summed E-state index contributed by atoms with van der Waals surface area (Å²) in [4.78, 5) is 0. The van der Waals surface area contributed by atoms with Crippen LogP contribution < -0.4 is 5.32 Å². The van der Waals surface area contributed by atoms with E-state index >= 15 is 0 Å². The maximum absolute atomic E-state index is 3.70. The number of rotatable bonds is 3. The Bertz CT molecular complexity index is 155. The fourth-order valence-electron chi connectivity index (χ4n) is 3.11. The van der Waals surface area contributed by atoms with E-state index in [-0.39, 0.29) is 0 Å². The average Bonchev–Trinajstić information content (AvgIpc) is 2.29. The lowest BCUT2D eigenvalue weighted by Crippen LogP contribution is -2.50. The van der Waals surface area contributed by atoms with Crippen LogP contribution in [0, 0.1) is 11.8 Å². The predicted molar refractivity (Wildman–Crippen MR) is 56.8 cm³/mol. The van der Waals surface area contributed by atoms with E-state index in [2.05, 4.69) is 12.2 Å². The van der Waals surface area contributed by atoms with Gasteiger partial charge in [0.05, 0.1) is 0 Å². The number of hydrogen-bond donors (Lipinski definition) is 1. The highest BCUT2D eigenvalue weighted by molar-refractivity contribution is 4.94. The molecule has 1 nitrogen and oxygen atoms in total. The third-order valence-electron chi connectivity index (χ3n) is 3.95. The molecule has 76 valence electrons. The van der Waals surface area contributed by atoms with Gasteiger partial charge in [-0.2, -0.15) is 0 Å². The minimum absolute atomic E-state index is 0.892. The summed E-state index contributed by atoms with van der Waals surface area (Å²) in [5.74, 6) is 2.14. The lowest BCUT2D eigenvalue weighted by molar-refractivity contribution is 0.0973. The zero-order valence-corrected chi connectivity index (χ0v) is 8.89. The Hall–Kier alpha value is -0.0400.